The van der Waals surface area contributed by atoms with E-state index in [2.05, 4.69) is 26.0 Å². The lowest BCUT2D eigenvalue weighted by Gasteiger charge is -2.25. The maximum absolute atomic E-state index is 13.5. The molecule has 1 aliphatic heterocycles. The number of halogens is 1. The van der Waals surface area contributed by atoms with Gasteiger partial charge in [0.2, 0.25) is 0 Å². The van der Waals surface area contributed by atoms with Crippen LogP contribution >= 0.6 is 7.75 Å². The van der Waals surface area contributed by atoms with E-state index in [1.165, 1.54) is 17.8 Å². The van der Waals surface area contributed by atoms with E-state index < -0.39 is 38.3 Å². The summed E-state index contributed by atoms with van der Waals surface area (Å²) in [7, 11) is -2.57. The number of nitrogens with zero attached hydrogens (tertiary/aromatic N) is 4. The van der Waals surface area contributed by atoms with Crippen LogP contribution in [0.15, 0.2) is 6.33 Å². The summed E-state index contributed by atoms with van der Waals surface area (Å²) < 4.78 is 42.6. The summed E-state index contributed by atoms with van der Waals surface area (Å²) in [5.41, 5.74) is 4.69. The Hall–Kier alpha value is -2.46. The van der Waals surface area contributed by atoms with Gasteiger partial charge in [-0.1, -0.05) is 5.92 Å². The van der Waals surface area contributed by atoms with Gasteiger partial charge in [-0.05, 0) is 33.6 Å². The highest BCUT2D eigenvalue weighted by Gasteiger charge is 2.42. The van der Waals surface area contributed by atoms with E-state index in [0.29, 0.717) is 25.2 Å². The van der Waals surface area contributed by atoms with Crippen molar-refractivity contribution >= 4 is 31.0 Å². The fourth-order valence-corrected chi connectivity index (χ4v) is 3.86. The average molecular weight is 486 g/mol. The third kappa shape index (κ3) is 7.01. The normalized spacial score (nSPS) is 22.9. The summed E-state index contributed by atoms with van der Waals surface area (Å²) in [5.74, 6) is 2.33. The van der Waals surface area contributed by atoms with Crippen molar-refractivity contribution in [2.45, 2.75) is 57.6 Å². The van der Waals surface area contributed by atoms with Gasteiger partial charge in [-0.25, -0.2) is 14.6 Å². The number of terminal acetylenes is 1. The quantitative estimate of drug-likeness (QED) is 0.215. The van der Waals surface area contributed by atoms with Crippen LogP contribution in [-0.2, 0) is 23.4 Å². The van der Waals surface area contributed by atoms with E-state index in [4.69, 9.17) is 26.2 Å². The van der Waals surface area contributed by atoms with Gasteiger partial charge < -0.3 is 24.9 Å². The lowest BCUT2D eigenvalue weighted by atomic mass is 10.0. The maximum atomic E-state index is 13.5. The molecule has 0 saturated carbocycles. The minimum absolute atomic E-state index is 0.109. The van der Waals surface area contributed by atoms with Crippen LogP contribution in [0, 0.1) is 18.4 Å². The van der Waals surface area contributed by atoms with E-state index in [0.717, 1.165) is 0 Å². The summed E-state index contributed by atoms with van der Waals surface area (Å²) >= 11 is 0. The van der Waals surface area contributed by atoms with E-state index in [1.54, 1.807) is 7.11 Å². The van der Waals surface area contributed by atoms with Gasteiger partial charge in [-0.15, -0.1) is 6.42 Å². The number of anilines is 1. The molecular weight excluding hydrogens is 458 g/mol. The maximum Gasteiger partial charge on any atom is 0.403 e. The molecule has 0 spiro atoms. The van der Waals surface area contributed by atoms with E-state index in [-0.39, 0.29) is 17.0 Å². The highest BCUT2D eigenvalue weighted by atomic mass is 31.2. The molecular formula is C19H28FN6O6P. The number of hydrogen-bond acceptors (Lipinski definition) is 9. The monoisotopic (exact) mass is 486 g/mol. The summed E-state index contributed by atoms with van der Waals surface area (Å²) in [4.78, 5) is 31.6. The van der Waals surface area contributed by atoms with Gasteiger partial charge in [0.1, 0.15) is 12.5 Å². The fourth-order valence-electron chi connectivity index (χ4n) is 2.82. The molecule has 1 fully saturated rings. The summed E-state index contributed by atoms with van der Waals surface area (Å²) in [6, 6.07) is -0.882. The van der Waals surface area contributed by atoms with Crippen LogP contribution in [0.5, 0.6) is 0 Å². The smallest absolute Gasteiger partial charge is 0.382 e. The number of nitrogens with two attached hydrogens (primary N) is 1. The second-order valence-corrected chi connectivity index (χ2v) is 9.14. The number of carbonyl (C=O) groups is 1. The minimum Gasteiger partial charge on any atom is -0.382 e. The highest BCUT2D eigenvalue weighted by molar-refractivity contribution is 7.50. The topological polar surface area (TPSA) is 164 Å². The predicted octanol–water partition coefficient (Wildman–Crippen LogP) is 1.56. The molecule has 0 aromatic carbocycles. The predicted molar refractivity (Wildman–Crippen MR) is 117 cm³/mol. The van der Waals surface area contributed by atoms with E-state index in [9.17, 15) is 18.6 Å². The lowest BCUT2D eigenvalue weighted by molar-refractivity contribution is -0.109. The van der Waals surface area contributed by atoms with Crippen LogP contribution in [0.4, 0.5) is 10.2 Å². The summed E-state index contributed by atoms with van der Waals surface area (Å²) in [5, 5.41) is 2.16. The number of nitrogen functional groups attached to an aromatic ring is 1. The van der Waals surface area contributed by atoms with Crippen molar-refractivity contribution in [1.82, 2.24) is 24.6 Å². The first kappa shape index (κ1) is 26.8. The molecule has 14 heteroatoms. The van der Waals surface area contributed by atoms with Crippen LogP contribution in [0.3, 0.4) is 0 Å². The number of methoxy groups -OCH3 is 1. The Kier molecular flexibility index (Phi) is 9.02. The number of nitrogens with one attached hydrogen (secondary N) is 1. The van der Waals surface area contributed by atoms with Gasteiger partial charge >= 0.3 is 13.8 Å². The number of carbonyl (C=O) groups excluding carboxylic acids is 1. The molecule has 0 aliphatic carbocycles. The molecule has 33 heavy (non-hydrogen) atoms. The van der Waals surface area contributed by atoms with Crippen molar-refractivity contribution in [3.8, 4) is 12.3 Å². The van der Waals surface area contributed by atoms with Gasteiger partial charge in [0.15, 0.2) is 22.6 Å². The zero-order valence-corrected chi connectivity index (χ0v) is 19.7. The molecule has 182 valence electrons. The Morgan fingerprint density at radius 2 is 2.21 bits per heavy atom. The van der Waals surface area contributed by atoms with Crippen molar-refractivity contribution in [2.75, 3.05) is 19.5 Å². The molecule has 4 N–H and O–H groups in total. The van der Waals surface area contributed by atoms with Crippen molar-refractivity contribution < 1.29 is 32.6 Å². The first-order valence-electron chi connectivity index (χ1n) is 10.00. The SMILES string of the molecule is C#CC1(COP(=O)(O)NC(C)C=O)CCC(n2cnc3c(N)nc(F)nc32)O1.COC(C)C. The number of aldehydes is 1. The molecule has 2 aromatic rings. The summed E-state index contributed by atoms with van der Waals surface area (Å²) in [6.45, 7) is 5.00. The molecule has 4 unspecified atom stereocenters. The molecule has 3 heterocycles. The number of imidazole rings is 1. The third-order valence-corrected chi connectivity index (χ3v) is 5.88. The first-order valence-corrected chi connectivity index (χ1v) is 11.6. The average Bonchev–Trinajstić information content (AvgIpc) is 3.37. The van der Waals surface area contributed by atoms with Crippen molar-refractivity contribution in [3.05, 3.63) is 12.4 Å². The zero-order chi connectivity index (χ0) is 24.8. The second kappa shape index (κ2) is 11.1. The largest absolute Gasteiger partial charge is 0.403 e. The third-order valence-electron chi connectivity index (χ3n) is 4.67. The molecule has 4 atom stereocenters. The Morgan fingerprint density at radius 3 is 2.79 bits per heavy atom. The molecule has 0 amide bonds. The molecule has 1 aliphatic rings. The number of ether oxygens (including phenoxy) is 2. The van der Waals surface area contributed by atoms with Gasteiger partial charge in [-0.3, -0.25) is 9.09 Å². The van der Waals surface area contributed by atoms with Crippen molar-refractivity contribution in [1.29, 1.82) is 0 Å². The Bertz CT molecular complexity index is 1060. The Morgan fingerprint density at radius 1 is 1.55 bits per heavy atom. The second-order valence-electron chi connectivity index (χ2n) is 7.58. The molecule has 1 saturated heterocycles. The molecule has 12 nitrogen and oxygen atoms in total. The number of hydrogen-bond donors (Lipinski definition) is 3. The zero-order valence-electron chi connectivity index (χ0n) is 18.8. The minimum atomic E-state index is -4.27. The standard InChI is InChI=1S/C15H18FN6O5P.C4H10O/c1-3-15(7-26-28(24,25)21-9(2)6-23)5-4-10(27-15)22-8-18-11-12(17)19-14(16)20-13(11)22;1-4(2)5-3/h1,6,8-10H,4-5,7H2,2H3,(H2,17,19,20)(H2,21,24,25);4H,1-3H3. The van der Waals surface area contributed by atoms with Crippen LogP contribution in [0.1, 0.15) is 39.8 Å². The van der Waals surface area contributed by atoms with Crippen LogP contribution in [0.2, 0.25) is 0 Å². The van der Waals surface area contributed by atoms with E-state index in [1.807, 2.05) is 13.8 Å². The lowest BCUT2D eigenvalue weighted by Crippen LogP contribution is -2.34. The van der Waals surface area contributed by atoms with Crippen molar-refractivity contribution in [2.24, 2.45) is 0 Å². The van der Waals surface area contributed by atoms with E-state index >= 15 is 0 Å². The Balaban J connectivity index is 0.000000696. The Labute approximate surface area is 190 Å². The van der Waals surface area contributed by atoms with Gasteiger partial charge in [0, 0.05) is 7.11 Å². The fraction of sp³-hybridized carbons (Fsp3) is 0.579. The molecule has 3 rings (SSSR count). The van der Waals surface area contributed by atoms with Gasteiger partial charge in [0.25, 0.3) is 0 Å². The number of fused-ring (bicyclic) bond motifs is 1. The van der Waals surface area contributed by atoms with Crippen LogP contribution < -0.4 is 10.8 Å². The van der Waals surface area contributed by atoms with Crippen molar-refractivity contribution in [3.63, 3.8) is 0 Å². The molecule has 2 aromatic heterocycles. The van der Waals surface area contributed by atoms with Crippen LogP contribution in [-0.4, -0.2) is 62.2 Å². The number of rotatable bonds is 8. The molecule has 0 bridgehead atoms. The number of aromatic nitrogens is 4. The summed E-state index contributed by atoms with van der Waals surface area (Å²) in [6.07, 6.45) is 6.79. The highest BCUT2D eigenvalue weighted by Crippen LogP contribution is 2.43. The molecule has 0 radical (unpaired) electrons. The van der Waals surface area contributed by atoms with Crippen LogP contribution in [0.25, 0.3) is 11.2 Å². The van der Waals surface area contributed by atoms with Gasteiger partial charge in [0.05, 0.1) is 25.1 Å². The van der Waals surface area contributed by atoms with Gasteiger partial charge in [-0.2, -0.15) is 14.4 Å². The first-order chi connectivity index (χ1) is 15.5.